The number of rotatable bonds is 1. The van der Waals surface area contributed by atoms with Crippen LogP contribution in [0.1, 0.15) is 96.3 Å². The standard InChI is InChI=1S/C32H56N8O2.Fe/c41-42-23-15-7-14-22-24(23)32-39-30-21-13-6-5-12-20(21)28(37-30)35-26-17-9-2-1-8-16(17)25(33-26)34-27-18-10-3-4-11-19(18)29(36-27)38-31(22)40-32;/h16-41H,1-15H2;. The summed E-state index contributed by atoms with van der Waals surface area (Å²) in [5, 5.41) is 43.2. The van der Waals surface area contributed by atoms with E-state index in [1.807, 2.05) is 0 Å². The van der Waals surface area contributed by atoms with Crippen LogP contribution in [0, 0.1) is 47.3 Å². The number of nitrogens with one attached hydrogen (secondary N) is 8. The van der Waals surface area contributed by atoms with Crippen molar-refractivity contribution in [3.8, 4) is 0 Å². The Morgan fingerprint density at radius 3 is 0.953 bits per heavy atom. The van der Waals surface area contributed by atoms with Crippen molar-refractivity contribution in [2.24, 2.45) is 47.3 Å². The van der Waals surface area contributed by atoms with E-state index >= 15 is 0 Å². The topological polar surface area (TPSA) is 126 Å². The molecule has 8 bridgehead atoms. The van der Waals surface area contributed by atoms with Crippen LogP contribution in [0.15, 0.2) is 0 Å². The van der Waals surface area contributed by atoms with Gasteiger partial charge in [-0.3, -0.25) is 47.8 Å². The van der Waals surface area contributed by atoms with Crippen LogP contribution in [0.4, 0.5) is 0 Å². The molecule has 5 aliphatic heterocycles. The van der Waals surface area contributed by atoms with E-state index in [1.165, 1.54) is 83.5 Å². The molecule has 17 atom stereocenters. The SMILES string of the molecule is OOC1CCCC2C3NC4NC(NC5NC(NC6NC(NC(N3)C12)C1CCCCC61)C1CCCCC51)C1CCCCC41.[Fe]. The van der Waals surface area contributed by atoms with E-state index in [-0.39, 0.29) is 47.6 Å². The first-order valence-electron chi connectivity index (χ1n) is 18.1. The summed E-state index contributed by atoms with van der Waals surface area (Å²) in [6.45, 7) is 0. The second kappa shape index (κ2) is 12.6. The third kappa shape index (κ3) is 5.30. The van der Waals surface area contributed by atoms with E-state index in [0.717, 1.165) is 12.8 Å². The van der Waals surface area contributed by atoms with E-state index in [4.69, 9.17) is 4.89 Å². The molecule has 0 radical (unpaired) electrons. The summed E-state index contributed by atoms with van der Waals surface area (Å²) < 4.78 is 0. The van der Waals surface area contributed by atoms with Crippen molar-refractivity contribution < 1.29 is 27.2 Å². The normalized spacial score (nSPS) is 55.9. The summed E-state index contributed by atoms with van der Waals surface area (Å²) in [6, 6.07) is 0. The Labute approximate surface area is 268 Å². The fraction of sp³-hybridized carbons (Fsp3) is 1.00. The molecule has 11 heteroatoms. The first kappa shape index (κ1) is 30.5. The number of fused-ring (bicyclic) bond motifs is 20. The summed E-state index contributed by atoms with van der Waals surface area (Å²) in [6.07, 6.45) is 21.5. The van der Waals surface area contributed by atoms with Crippen molar-refractivity contribution in [3.05, 3.63) is 0 Å². The zero-order chi connectivity index (χ0) is 27.8. The molecule has 0 aromatic rings. The Kier molecular flexibility index (Phi) is 8.94. The first-order chi connectivity index (χ1) is 20.7. The summed E-state index contributed by atoms with van der Waals surface area (Å²) >= 11 is 0. The fourth-order valence-corrected chi connectivity index (χ4v) is 12.1. The van der Waals surface area contributed by atoms with Gasteiger partial charge >= 0.3 is 0 Å². The van der Waals surface area contributed by atoms with Crippen molar-refractivity contribution in [3.63, 3.8) is 0 Å². The maximum atomic E-state index is 10.0. The molecule has 5 heterocycles. The molecule has 0 aromatic heterocycles. The first-order valence-corrected chi connectivity index (χ1v) is 18.1. The van der Waals surface area contributed by atoms with Crippen LogP contribution >= 0.6 is 0 Å². The molecule has 9 aliphatic rings. The summed E-state index contributed by atoms with van der Waals surface area (Å²) in [7, 11) is 0. The second-order valence-electron chi connectivity index (χ2n) is 15.8. The van der Waals surface area contributed by atoms with Gasteiger partial charge in [0.1, 0.15) is 0 Å². The maximum Gasteiger partial charge on any atom is 0.0986 e. The third-order valence-electron chi connectivity index (χ3n) is 14.0. The van der Waals surface area contributed by atoms with Crippen LogP contribution < -0.4 is 42.5 Å². The predicted octanol–water partition coefficient (Wildman–Crippen LogP) is 2.07. The zero-order valence-corrected chi connectivity index (χ0v) is 26.7. The molecule has 4 aliphatic carbocycles. The van der Waals surface area contributed by atoms with Gasteiger partial charge in [-0.25, -0.2) is 4.89 Å². The predicted molar refractivity (Wildman–Crippen MR) is 160 cm³/mol. The van der Waals surface area contributed by atoms with Gasteiger partial charge in [0.15, 0.2) is 0 Å². The Morgan fingerprint density at radius 2 is 0.628 bits per heavy atom. The molecular formula is C32H56FeN8O2. The smallest absolute Gasteiger partial charge is 0.0986 e. The molecule has 0 aromatic carbocycles. The van der Waals surface area contributed by atoms with Crippen molar-refractivity contribution in [1.29, 1.82) is 0 Å². The molecule has 0 amide bonds. The van der Waals surface area contributed by atoms with Gasteiger partial charge in [-0.2, -0.15) is 0 Å². The Bertz CT molecular complexity index is 980. The minimum atomic E-state index is -0.114. The molecule has 17 unspecified atom stereocenters. The number of hydrogen-bond acceptors (Lipinski definition) is 10. The molecule has 9 rings (SSSR count). The van der Waals surface area contributed by atoms with Gasteiger partial charge in [0.25, 0.3) is 0 Å². The molecular weight excluding hydrogens is 584 g/mol. The Balaban J connectivity index is 0.00000278. The third-order valence-corrected chi connectivity index (χ3v) is 14.0. The molecule has 9 N–H and O–H groups in total. The number of hydrogen-bond donors (Lipinski definition) is 9. The summed E-state index contributed by atoms with van der Waals surface area (Å²) in [4.78, 5) is 5.22. The van der Waals surface area contributed by atoms with Crippen LogP contribution in [0.3, 0.4) is 0 Å². The maximum absolute atomic E-state index is 10.0. The van der Waals surface area contributed by atoms with E-state index in [9.17, 15) is 5.26 Å². The summed E-state index contributed by atoms with van der Waals surface area (Å²) in [5.41, 5.74) is 0. The average molecular weight is 641 g/mol. The largest absolute Gasteiger partial charge is 0.286 e. The van der Waals surface area contributed by atoms with Gasteiger partial charge in [0.05, 0.1) is 55.4 Å². The van der Waals surface area contributed by atoms with Gasteiger partial charge in [-0.15, -0.1) is 0 Å². The van der Waals surface area contributed by atoms with Crippen LogP contribution in [-0.2, 0) is 22.0 Å². The molecule has 244 valence electrons. The monoisotopic (exact) mass is 640 g/mol. The molecule has 4 saturated carbocycles. The summed E-state index contributed by atoms with van der Waals surface area (Å²) in [5.74, 6) is 4.73. The van der Waals surface area contributed by atoms with E-state index in [0.29, 0.717) is 72.3 Å². The van der Waals surface area contributed by atoms with Crippen LogP contribution in [0.2, 0.25) is 0 Å². The van der Waals surface area contributed by atoms with Gasteiger partial charge < -0.3 is 0 Å². The second-order valence-corrected chi connectivity index (χ2v) is 15.8. The van der Waals surface area contributed by atoms with Crippen molar-refractivity contribution in [2.75, 3.05) is 0 Å². The molecule has 43 heavy (non-hydrogen) atoms. The zero-order valence-electron chi connectivity index (χ0n) is 25.6. The quantitative estimate of drug-likeness (QED) is 0.120. The molecule has 0 spiro atoms. The minimum Gasteiger partial charge on any atom is -0.286 e. The van der Waals surface area contributed by atoms with Crippen molar-refractivity contribution in [2.45, 2.75) is 152 Å². The minimum absolute atomic E-state index is 0. The van der Waals surface area contributed by atoms with Gasteiger partial charge in [0.2, 0.25) is 0 Å². The molecule has 10 nitrogen and oxygen atoms in total. The average Bonchev–Trinajstić information content (AvgIpc) is 3.76. The van der Waals surface area contributed by atoms with Gasteiger partial charge in [0, 0.05) is 23.0 Å². The van der Waals surface area contributed by atoms with Crippen LogP contribution in [0.25, 0.3) is 0 Å². The fourth-order valence-electron chi connectivity index (χ4n) is 12.1. The van der Waals surface area contributed by atoms with Crippen LogP contribution in [-0.4, -0.2) is 60.7 Å². The van der Waals surface area contributed by atoms with E-state index < -0.39 is 0 Å². The Hall–Kier alpha value is 0.119. The van der Waals surface area contributed by atoms with Gasteiger partial charge in [-0.1, -0.05) is 44.9 Å². The molecule has 9 fully saturated rings. The van der Waals surface area contributed by atoms with Gasteiger partial charge in [-0.05, 0) is 92.8 Å². The van der Waals surface area contributed by atoms with Crippen LogP contribution in [0.5, 0.6) is 0 Å². The Morgan fingerprint density at radius 1 is 0.349 bits per heavy atom. The van der Waals surface area contributed by atoms with Crippen molar-refractivity contribution in [1.82, 2.24) is 42.5 Å². The van der Waals surface area contributed by atoms with Crippen molar-refractivity contribution >= 4 is 0 Å². The van der Waals surface area contributed by atoms with E-state index in [1.54, 1.807) is 0 Å². The molecule has 5 saturated heterocycles. The van der Waals surface area contributed by atoms with E-state index in [2.05, 4.69) is 42.5 Å².